The van der Waals surface area contributed by atoms with Crippen molar-refractivity contribution in [2.75, 3.05) is 11.9 Å². The van der Waals surface area contributed by atoms with Gasteiger partial charge in [0.25, 0.3) is 0 Å². The topological polar surface area (TPSA) is 67.0 Å². The maximum absolute atomic E-state index is 11.8. The number of hydrogen-bond donors (Lipinski definition) is 2. The molecule has 1 aromatic heterocycles. The van der Waals surface area contributed by atoms with Gasteiger partial charge in [0.15, 0.2) is 0 Å². The van der Waals surface area contributed by atoms with Crippen molar-refractivity contribution < 1.29 is 9.53 Å². The predicted molar refractivity (Wildman–Crippen MR) is 98.5 cm³/mol. The van der Waals surface area contributed by atoms with Crippen molar-refractivity contribution in [1.82, 2.24) is 9.97 Å². The lowest BCUT2D eigenvalue weighted by atomic mass is 10.2. The first-order valence-electron chi connectivity index (χ1n) is 7.41. The van der Waals surface area contributed by atoms with Crippen LogP contribution in [0.5, 0.6) is 0 Å². The molecular weight excluding hydrogens is 394 g/mol. The molecule has 124 valence electrons. The van der Waals surface area contributed by atoms with Crippen LogP contribution in [0.2, 0.25) is 5.02 Å². The van der Waals surface area contributed by atoms with E-state index in [1.807, 2.05) is 18.2 Å². The molecule has 0 radical (unpaired) electrons. The number of benzene rings is 2. The Balaban J connectivity index is 1.76. The maximum Gasteiger partial charge on any atom is 0.338 e. The number of rotatable bonds is 5. The molecule has 2 aromatic carbocycles. The highest BCUT2D eigenvalue weighted by Gasteiger charge is 2.09. The fourth-order valence-electron chi connectivity index (χ4n) is 2.33. The van der Waals surface area contributed by atoms with Gasteiger partial charge in [-0.25, -0.2) is 9.78 Å². The van der Waals surface area contributed by atoms with Crippen molar-refractivity contribution in [2.45, 2.75) is 13.5 Å². The van der Waals surface area contributed by atoms with E-state index in [4.69, 9.17) is 16.3 Å². The molecule has 24 heavy (non-hydrogen) atoms. The Morgan fingerprint density at radius 2 is 2.17 bits per heavy atom. The number of aromatic nitrogens is 2. The van der Waals surface area contributed by atoms with Crippen LogP contribution in [0.3, 0.4) is 0 Å². The third-order valence-corrected chi connectivity index (χ3v) is 4.05. The number of halogens is 2. The highest BCUT2D eigenvalue weighted by Crippen LogP contribution is 2.21. The summed E-state index contributed by atoms with van der Waals surface area (Å²) in [6.45, 7) is 2.70. The van der Waals surface area contributed by atoms with Crippen molar-refractivity contribution in [3.63, 3.8) is 0 Å². The Hall–Kier alpha value is -2.05. The number of hydrogen-bond acceptors (Lipinski definition) is 4. The summed E-state index contributed by atoms with van der Waals surface area (Å²) in [6.07, 6.45) is 0. The number of carbonyl (C=O) groups excluding carboxylic acids is 1. The molecular formula is C17H15BrClN3O2. The summed E-state index contributed by atoms with van der Waals surface area (Å²) in [4.78, 5) is 19.4. The number of ether oxygens (including phenoxy) is 1. The Kier molecular flexibility index (Phi) is 5.06. The first-order valence-corrected chi connectivity index (χ1v) is 8.58. The summed E-state index contributed by atoms with van der Waals surface area (Å²) in [5, 5.41) is 3.89. The average molecular weight is 409 g/mol. The highest BCUT2D eigenvalue weighted by molar-refractivity contribution is 9.10. The van der Waals surface area contributed by atoms with Gasteiger partial charge in [-0.1, -0.05) is 27.5 Å². The second kappa shape index (κ2) is 7.23. The lowest BCUT2D eigenvalue weighted by Gasteiger charge is -2.04. The van der Waals surface area contributed by atoms with Gasteiger partial charge < -0.3 is 15.0 Å². The Bertz CT molecular complexity index is 874. The SMILES string of the molecule is CCOC(=O)c1ccc2nc(NCc3cc(Cl)cc(Br)c3)[nH]c2c1. The summed E-state index contributed by atoms with van der Waals surface area (Å²) >= 11 is 9.47. The van der Waals surface area contributed by atoms with Crippen LogP contribution in [0.1, 0.15) is 22.8 Å². The number of H-pyrrole nitrogens is 1. The molecule has 1 heterocycles. The third-order valence-electron chi connectivity index (χ3n) is 3.38. The number of aromatic amines is 1. The summed E-state index contributed by atoms with van der Waals surface area (Å²) in [7, 11) is 0. The van der Waals surface area contributed by atoms with Gasteiger partial charge in [-0.05, 0) is 48.9 Å². The van der Waals surface area contributed by atoms with Gasteiger partial charge in [-0.15, -0.1) is 0 Å². The monoisotopic (exact) mass is 407 g/mol. The minimum atomic E-state index is -0.340. The molecule has 0 aliphatic heterocycles. The number of imidazole rings is 1. The van der Waals surface area contributed by atoms with Crippen LogP contribution < -0.4 is 5.32 Å². The number of nitrogens with one attached hydrogen (secondary N) is 2. The average Bonchev–Trinajstić information content (AvgIpc) is 2.94. The van der Waals surface area contributed by atoms with Crippen LogP contribution in [0.15, 0.2) is 40.9 Å². The molecule has 0 aliphatic rings. The minimum absolute atomic E-state index is 0.340. The molecule has 7 heteroatoms. The van der Waals surface area contributed by atoms with Gasteiger partial charge in [0, 0.05) is 16.0 Å². The van der Waals surface area contributed by atoms with Crippen LogP contribution in [0.25, 0.3) is 11.0 Å². The van der Waals surface area contributed by atoms with Gasteiger partial charge in [0.2, 0.25) is 5.95 Å². The lowest BCUT2D eigenvalue weighted by Crippen LogP contribution is -2.04. The normalized spacial score (nSPS) is 10.8. The zero-order valence-electron chi connectivity index (χ0n) is 12.9. The van der Waals surface area contributed by atoms with E-state index in [-0.39, 0.29) is 5.97 Å². The summed E-state index contributed by atoms with van der Waals surface area (Å²) in [5.41, 5.74) is 3.08. The maximum atomic E-state index is 11.8. The Labute approximate surface area is 152 Å². The fourth-order valence-corrected chi connectivity index (χ4v) is 3.26. The molecule has 0 spiro atoms. The lowest BCUT2D eigenvalue weighted by molar-refractivity contribution is 0.0526. The van der Waals surface area contributed by atoms with E-state index in [1.165, 1.54) is 0 Å². The van der Waals surface area contributed by atoms with Crippen molar-refractivity contribution in [3.05, 3.63) is 57.0 Å². The number of carbonyl (C=O) groups is 1. The highest BCUT2D eigenvalue weighted by atomic mass is 79.9. The van der Waals surface area contributed by atoms with E-state index < -0.39 is 0 Å². The third kappa shape index (κ3) is 3.88. The van der Waals surface area contributed by atoms with E-state index in [1.54, 1.807) is 25.1 Å². The molecule has 2 N–H and O–H groups in total. The van der Waals surface area contributed by atoms with Crippen LogP contribution >= 0.6 is 27.5 Å². The number of anilines is 1. The van der Waals surface area contributed by atoms with E-state index in [0.717, 1.165) is 21.1 Å². The van der Waals surface area contributed by atoms with Gasteiger partial charge in [0.1, 0.15) is 0 Å². The van der Waals surface area contributed by atoms with E-state index >= 15 is 0 Å². The quantitative estimate of drug-likeness (QED) is 0.597. The standard InChI is InChI=1S/C17H15BrClN3O2/c1-2-24-16(23)11-3-4-14-15(7-11)22-17(21-14)20-9-10-5-12(18)8-13(19)6-10/h3-8H,2,9H2,1H3,(H2,20,21,22). The molecule has 0 fully saturated rings. The van der Waals surface area contributed by atoms with Crippen LogP contribution in [0, 0.1) is 0 Å². The molecule has 3 aromatic rings. The van der Waals surface area contributed by atoms with Crippen molar-refractivity contribution >= 4 is 50.5 Å². The zero-order valence-corrected chi connectivity index (χ0v) is 15.2. The smallest absolute Gasteiger partial charge is 0.338 e. The first kappa shape index (κ1) is 16.8. The predicted octanol–water partition coefficient (Wildman–Crippen LogP) is 4.77. The van der Waals surface area contributed by atoms with E-state index in [0.29, 0.717) is 29.7 Å². The molecule has 0 saturated heterocycles. The van der Waals surface area contributed by atoms with Crippen LogP contribution in [-0.2, 0) is 11.3 Å². The van der Waals surface area contributed by atoms with Gasteiger partial charge in [-0.3, -0.25) is 0 Å². The summed E-state index contributed by atoms with van der Waals surface area (Å²) in [6, 6.07) is 10.9. The van der Waals surface area contributed by atoms with Crippen molar-refractivity contribution in [1.29, 1.82) is 0 Å². The summed E-state index contributed by atoms with van der Waals surface area (Å²) < 4.78 is 5.93. The number of nitrogens with zero attached hydrogens (tertiary/aromatic N) is 1. The van der Waals surface area contributed by atoms with Crippen LogP contribution in [-0.4, -0.2) is 22.5 Å². The second-order valence-electron chi connectivity index (χ2n) is 5.17. The second-order valence-corrected chi connectivity index (χ2v) is 6.52. The largest absolute Gasteiger partial charge is 0.462 e. The van der Waals surface area contributed by atoms with Gasteiger partial charge in [0.05, 0.1) is 23.2 Å². The molecule has 0 amide bonds. The molecule has 0 atom stereocenters. The first-order chi connectivity index (χ1) is 11.5. The molecule has 5 nitrogen and oxygen atoms in total. The van der Waals surface area contributed by atoms with E-state index in [9.17, 15) is 4.79 Å². The fraction of sp³-hybridized carbons (Fsp3) is 0.176. The molecule has 0 aliphatic carbocycles. The van der Waals surface area contributed by atoms with Crippen LogP contribution in [0.4, 0.5) is 5.95 Å². The van der Waals surface area contributed by atoms with Crippen molar-refractivity contribution in [3.8, 4) is 0 Å². The Morgan fingerprint density at radius 3 is 2.92 bits per heavy atom. The molecule has 0 bridgehead atoms. The van der Waals surface area contributed by atoms with Gasteiger partial charge in [-0.2, -0.15) is 0 Å². The molecule has 3 rings (SSSR count). The van der Waals surface area contributed by atoms with Gasteiger partial charge >= 0.3 is 5.97 Å². The van der Waals surface area contributed by atoms with E-state index in [2.05, 4.69) is 31.2 Å². The number of fused-ring (bicyclic) bond motifs is 1. The molecule has 0 unspecified atom stereocenters. The number of esters is 1. The zero-order chi connectivity index (χ0) is 17.1. The molecule has 0 saturated carbocycles. The minimum Gasteiger partial charge on any atom is -0.462 e. The Morgan fingerprint density at radius 1 is 1.33 bits per heavy atom. The summed E-state index contributed by atoms with van der Waals surface area (Å²) in [5.74, 6) is 0.286. The van der Waals surface area contributed by atoms with Crippen molar-refractivity contribution in [2.24, 2.45) is 0 Å².